The monoisotopic (exact) mass is 391 g/mol. The Morgan fingerprint density at radius 2 is 1.93 bits per heavy atom. The highest BCUT2D eigenvalue weighted by molar-refractivity contribution is 5.99. The summed E-state index contributed by atoms with van der Waals surface area (Å²) in [7, 11) is 1.49. The number of nitrogens with zero attached hydrogens (tertiary/aromatic N) is 1. The Kier molecular flexibility index (Phi) is 6.64. The van der Waals surface area contributed by atoms with Gasteiger partial charge in [0.2, 0.25) is 0 Å². The molecule has 3 rings (SSSR count). The van der Waals surface area contributed by atoms with E-state index in [4.69, 9.17) is 19.5 Å². The Labute approximate surface area is 169 Å². The van der Waals surface area contributed by atoms with Gasteiger partial charge in [-0.05, 0) is 60.2 Å². The second-order valence-corrected chi connectivity index (χ2v) is 6.56. The van der Waals surface area contributed by atoms with Crippen LogP contribution in [0.2, 0.25) is 0 Å². The van der Waals surface area contributed by atoms with Crippen molar-refractivity contribution in [3.63, 3.8) is 0 Å². The number of Topliss-reactive ketones (excluding diaryl/α,β-unsaturated/α-hetero) is 1. The smallest absolute Gasteiger partial charge is 0.331 e. The molecule has 0 fully saturated rings. The fourth-order valence-electron chi connectivity index (χ4n) is 3.19. The van der Waals surface area contributed by atoms with Gasteiger partial charge in [0.25, 0.3) is 0 Å². The first-order valence-corrected chi connectivity index (χ1v) is 9.28. The van der Waals surface area contributed by atoms with Crippen LogP contribution in [0.1, 0.15) is 33.5 Å². The molecule has 6 nitrogen and oxygen atoms in total. The number of ketones is 1. The van der Waals surface area contributed by atoms with E-state index in [9.17, 15) is 9.59 Å². The molecule has 0 aliphatic heterocycles. The summed E-state index contributed by atoms with van der Waals surface area (Å²) < 4.78 is 15.5. The Hall–Kier alpha value is -3.59. The zero-order valence-electron chi connectivity index (χ0n) is 16.1. The molecule has 0 spiro atoms. The second-order valence-electron chi connectivity index (χ2n) is 6.56. The molecule has 0 amide bonds. The van der Waals surface area contributed by atoms with Crippen molar-refractivity contribution >= 4 is 17.8 Å². The zero-order valence-corrected chi connectivity index (χ0v) is 16.1. The SMILES string of the molecule is COc1cc(/C=C/C(=O)OCC(=O)c2ccc3c(c2)CCC3)ccc1OCC#N. The van der Waals surface area contributed by atoms with Crippen LogP contribution in [0.4, 0.5) is 0 Å². The summed E-state index contributed by atoms with van der Waals surface area (Å²) in [6.45, 7) is -0.387. The molecule has 148 valence electrons. The number of nitriles is 1. The van der Waals surface area contributed by atoms with Crippen LogP contribution in [-0.2, 0) is 22.4 Å². The summed E-state index contributed by atoms with van der Waals surface area (Å²) >= 11 is 0. The fraction of sp³-hybridized carbons (Fsp3) is 0.261. The van der Waals surface area contributed by atoms with Crippen molar-refractivity contribution in [3.8, 4) is 17.6 Å². The van der Waals surface area contributed by atoms with Crippen LogP contribution in [0, 0.1) is 11.3 Å². The Balaban J connectivity index is 1.55. The number of rotatable bonds is 8. The minimum absolute atomic E-state index is 0.0872. The predicted octanol–water partition coefficient (Wildman–Crippen LogP) is 3.53. The van der Waals surface area contributed by atoms with Crippen molar-refractivity contribution in [2.24, 2.45) is 0 Å². The van der Waals surface area contributed by atoms with E-state index in [1.54, 1.807) is 30.3 Å². The number of hydrogen-bond donors (Lipinski definition) is 0. The van der Waals surface area contributed by atoms with E-state index in [2.05, 4.69) is 0 Å². The van der Waals surface area contributed by atoms with Crippen LogP contribution in [0.15, 0.2) is 42.5 Å². The summed E-state index contributed by atoms with van der Waals surface area (Å²) in [4.78, 5) is 24.2. The molecule has 1 aliphatic rings. The first-order chi connectivity index (χ1) is 14.1. The first-order valence-electron chi connectivity index (χ1n) is 9.28. The number of methoxy groups -OCH3 is 1. The Bertz CT molecular complexity index is 987. The molecule has 0 saturated carbocycles. The van der Waals surface area contributed by atoms with Crippen molar-refractivity contribution in [2.45, 2.75) is 19.3 Å². The normalized spacial score (nSPS) is 12.3. The van der Waals surface area contributed by atoms with Gasteiger partial charge >= 0.3 is 5.97 Å². The summed E-state index contributed by atoms with van der Waals surface area (Å²) in [5.74, 6) is 0.0571. The van der Waals surface area contributed by atoms with Crippen molar-refractivity contribution in [1.82, 2.24) is 0 Å². The van der Waals surface area contributed by atoms with E-state index in [1.165, 1.54) is 24.3 Å². The maximum Gasteiger partial charge on any atom is 0.331 e. The van der Waals surface area contributed by atoms with E-state index in [0.717, 1.165) is 19.3 Å². The molecule has 0 heterocycles. The average molecular weight is 391 g/mol. The van der Waals surface area contributed by atoms with Gasteiger partial charge in [-0.15, -0.1) is 0 Å². The molecule has 29 heavy (non-hydrogen) atoms. The topological polar surface area (TPSA) is 85.6 Å². The maximum absolute atomic E-state index is 12.3. The van der Waals surface area contributed by atoms with Gasteiger partial charge in [0.05, 0.1) is 7.11 Å². The largest absolute Gasteiger partial charge is 0.493 e. The molecule has 1 aliphatic carbocycles. The van der Waals surface area contributed by atoms with Gasteiger partial charge in [-0.25, -0.2) is 4.79 Å². The number of benzene rings is 2. The quantitative estimate of drug-likeness (QED) is 0.389. The molecular weight excluding hydrogens is 370 g/mol. The molecule has 0 aromatic heterocycles. The van der Waals surface area contributed by atoms with Crippen LogP contribution < -0.4 is 9.47 Å². The molecule has 0 bridgehead atoms. The molecule has 2 aromatic rings. The lowest BCUT2D eigenvalue weighted by Crippen LogP contribution is -2.12. The molecule has 0 N–H and O–H groups in total. The van der Waals surface area contributed by atoms with Gasteiger partial charge in [-0.2, -0.15) is 5.26 Å². The van der Waals surface area contributed by atoms with Gasteiger partial charge in [-0.3, -0.25) is 4.79 Å². The fourth-order valence-corrected chi connectivity index (χ4v) is 3.19. The highest BCUT2D eigenvalue weighted by Crippen LogP contribution is 2.28. The lowest BCUT2D eigenvalue weighted by atomic mass is 10.0. The van der Waals surface area contributed by atoms with Crippen LogP contribution >= 0.6 is 0 Å². The maximum atomic E-state index is 12.3. The van der Waals surface area contributed by atoms with Crippen LogP contribution in [0.25, 0.3) is 6.08 Å². The molecule has 0 atom stereocenters. The van der Waals surface area contributed by atoms with Gasteiger partial charge in [0.1, 0.15) is 6.07 Å². The van der Waals surface area contributed by atoms with Crippen LogP contribution in [0.3, 0.4) is 0 Å². The highest BCUT2D eigenvalue weighted by Gasteiger charge is 2.15. The molecule has 6 heteroatoms. The molecule has 0 saturated heterocycles. The van der Waals surface area contributed by atoms with Gasteiger partial charge in [-0.1, -0.05) is 18.2 Å². The zero-order chi connectivity index (χ0) is 20.6. The Morgan fingerprint density at radius 1 is 1.10 bits per heavy atom. The number of fused-ring (bicyclic) bond motifs is 1. The number of esters is 1. The number of carbonyl (C=O) groups is 2. The number of hydrogen-bond acceptors (Lipinski definition) is 6. The van der Waals surface area contributed by atoms with E-state index in [0.29, 0.717) is 22.6 Å². The summed E-state index contributed by atoms with van der Waals surface area (Å²) in [5.41, 5.74) is 3.76. The Morgan fingerprint density at radius 3 is 2.72 bits per heavy atom. The summed E-state index contributed by atoms with van der Waals surface area (Å²) in [5, 5.41) is 8.59. The van der Waals surface area contributed by atoms with Crippen molar-refractivity contribution < 1.29 is 23.8 Å². The third kappa shape index (κ3) is 5.23. The van der Waals surface area contributed by atoms with Gasteiger partial charge < -0.3 is 14.2 Å². The molecule has 2 aromatic carbocycles. The minimum atomic E-state index is -0.608. The predicted molar refractivity (Wildman–Crippen MR) is 107 cm³/mol. The standard InChI is InChI=1S/C23H21NO5/c1-27-22-13-16(5-9-21(22)28-12-11-24)6-10-23(26)29-15-20(25)19-8-7-17-3-2-4-18(17)14-19/h5-10,13-14H,2-4,12,15H2,1H3/b10-6+. The van der Waals surface area contributed by atoms with Crippen molar-refractivity contribution in [2.75, 3.05) is 20.3 Å². The van der Waals surface area contributed by atoms with Crippen molar-refractivity contribution in [1.29, 1.82) is 5.26 Å². The minimum Gasteiger partial charge on any atom is -0.493 e. The highest BCUT2D eigenvalue weighted by atomic mass is 16.5. The van der Waals surface area contributed by atoms with E-state index >= 15 is 0 Å². The first kappa shape index (κ1) is 20.2. The number of aryl methyl sites for hydroxylation is 2. The number of ether oxygens (including phenoxy) is 3. The van der Waals surface area contributed by atoms with E-state index in [-0.39, 0.29) is 19.0 Å². The molecular formula is C23H21NO5. The van der Waals surface area contributed by atoms with Crippen LogP contribution in [0.5, 0.6) is 11.5 Å². The summed E-state index contributed by atoms with van der Waals surface area (Å²) in [6, 6.07) is 12.6. The molecule has 0 radical (unpaired) electrons. The number of carbonyl (C=O) groups excluding carboxylic acids is 2. The van der Waals surface area contributed by atoms with E-state index < -0.39 is 5.97 Å². The molecule has 0 unspecified atom stereocenters. The van der Waals surface area contributed by atoms with E-state index in [1.807, 2.05) is 18.2 Å². The average Bonchev–Trinajstić information content (AvgIpc) is 3.22. The second kappa shape index (κ2) is 9.56. The van der Waals surface area contributed by atoms with Crippen molar-refractivity contribution in [3.05, 3.63) is 64.7 Å². The van der Waals surface area contributed by atoms with Gasteiger partial charge in [0.15, 0.2) is 30.5 Å². The summed E-state index contributed by atoms with van der Waals surface area (Å²) in [6.07, 6.45) is 5.96. The van der Waals surface area contributed by atoms with Gasteiger partial charge in [0, 0.05) is 11.6 Å². The lowest BCUT2D eigenvalue weighted by Gasteiger charge is -2.08. The lowest BCUT2D eigenvalue weighted by molar-refractivity contribution is -0.136. The third-order valence-electron chi connectivity index (χ3n) is 4.66. The van der Waals surface area contributed by atoms with Crippen LogP contribution in [-0.4, -0.2) is 32.1 Å². The third-order valence-corrected chi connectivity index (χ3v) is 4.66.